The van der Waals surface area contributed by atoms with Gasteiger partial charge in [-0.3, -0.25) is 19.7 Å². The van der Waals surface area contributed by atoms with Crippen LogP contribution in [-0.2, 0) is 25.7 Å². The van der Waals surface area contributed by atoms with Crippen LogP contribution in [0, 0.1) is 22.0 Å². The molecule has 0 aromatic heterocycles. The fraction of sp³-hybridized carbons (Fsp3) is 0.524. The molecule has 0 radical (unpaired) electrons. The number of β-lactam (4-membered cyclic amide) rings is 1. The van der Waals surface area contributed by atoms with E-state index < -0.39 is 40.3 Å². The average molecular weight is 445 g/mol. The number of nitro groups is 1. The van der Waals surface area contributed by atoms with E-state index >= 15 is 0 Å². The number of hydrogen-bond donors (Lipinski definition) is 2. The third-order valence-electron chi connectivity index (χ3n) is 5.53. The summed E-state index contributed by atoms with van der Waals surface area (Å²) in [5.74, 6) is -3.34. The molecule has 1 aliphatic rings. The van der Waals surface area contributed by atoms with Crippen molar-refractivity contribution in [3.05, 3.63) is 45.5 Å². The normalized spacial score (nSPS) is 19.0. The van der Waals surface area contributed by atoms with Crippen molar-refractivity contribution in [1.29, 1.82) is 0 Å². The largest absolute Gasteiger partial charge is 0.452 e. The van der Waals surface area contributed by atoms with Gasteiger partial charge in [-0.2, -0.15) is 4.79 Å². The standard InChI is InChI=1S/C21H27N5O6/c1-4-5-10-23-13(3)16-17(24-20(16)28)12(2)19(27)18(25-22)21(29)32-11-14-6-8-15(9-7-14)26(30)31/h6-9,12-13,16-17,23H,4-5,10-11H2,1-3H3,(H,24,28)/t12-,13-,16-,17-/m1/s1. The van der Waals surface area contributed by atoms with Crippen molar-refractivity contribution in [2.24, 2.45) is 11.8 Å². The quantitative estimate of drug-likeness (QED) is 0.0565. The number of esters is 1. The minimum Gasteiger partial charge on any atom is -0.452 e. The SMILES string of the molecule is CCCCN[C@H](C)[C@H]1C(=O)N[C@@H]1[C@@H](C)C(=O)C(=[N+]=[N-])C(=O)OCc1ccc([N+](=O)[O-])cc1. The van der Waals surface area contributed by atoms with E-state index in [4.69, 9.17) is 4.74 Å². The number of carbonyl (C=O) groups excluding carboxylic acids is 3. The first-order chi connectivity index (χ1) is 15.2. The monoisotopic (exact) mass is 445 g/mol. The van der Waals surface area contributed by atoms with Crippen LogP contribution in [0.4, 0.5) is 5.69 Å². The Morgan fingerprint density at radius 3 is 2.50 bits per heavy atom. The van der Waals surface area contributed by atoms with Gasteiger partial charge in [0.15, 0.2) is 0 Å². The van der Waals surface area contributed by atoms with E-state index in [1.165, 1.54) is 24.3 Å². The second-order valence-electron chi connectivity index (χ2n) is 7.76. The van der Waals surface area contributed by atoms with E-state index in [1.54, 1.807) is 6.92 Å². The Bertz CT molecular complexity index is 925. The number of benzene rings is 1. The van der Waals surface area contributed by atoms with E-state index in [9.17, 15) is 30.0 Å². The van der Waals surface area contributed by atoms with Crippen molar-refractivity contribution < 1.29 is 28.8 Å². The van der Waals surface area contributed by atoms with Gasteiger partial charge in [0.25, 0.3) is 11.5 Å². The molecule has 11 heteroatoms. The highest BCUT2D eigenvalue weighted by molar-refractivity contribution is 6.62. The van der Waals surface area contributed by atoms with Crippen LogP contribution in [0.1, 0.15) is 39.2 Å². The molecule has 32 heavy (non-hydrogen) atoms. The molecule has 0 unspecified atom stereocenters. The summed E-state index contributed by atoms with van der Waals surface area (Å²) in [4.78, 5) is 50.1. The van der Waals surface area contributed by atoms with Crippen LogP contribution in [0.5, 0.6) is 0 Å². The molecule has 0 bridgehead atoms. The van der Waals surface area contributed by atoms with Gasteiger partial charge in [-0.1, -0.05) is 20.3 Å². The smallest absolute Gasteiger partial charge is 0.441 e. The van der Waals surface area contributed by atoms with Crippen LogP contribution >= 0.6 is 0 Å². The Morgan fingerprint density at radius 1 is 1.31 bits per heavy atom. The lowest BCUT2D eigenvalue weighted by molar-refractivity contribution is -0.384. The summed E-state index contributed by atoms with van der Waals surface area (Å²) in [5, 5.41) is 16.7. The van der Waals surface area contributed by atoms with Gasteiger partial charge >= 0.3 is 11.7 Å². The Balaban J connectivity index is 1.98. The van der Waals surface area contributed by atoms with Gasteiger partial charge in [0.1, 0.15) is 6.61 Å². The van der Waals surface area contributed by atoms with Crippen LogP contribution in [0.3, 0.4) is 0 Å². The second-order valence-corrected chi connectivity index (χ2v) is 7.76. The Labute approximate surface area is 185 Å². The predicted octanol–water partition coefficient (Wildman–Crippen LogP) is 1.41. The summed E-state index contributed by atoms with van der Waals surface area (Å²) >= 11 is 0. The molecule has 1 aromatic carbocycles. The van der Waals surface area contributed by atoms with Crippen LogP contribution < -0.4 is 10.6 Å². The van der Waals surface area contributed by atoms with Crippen molar-refractivity contribution in [2.75, 3.05) is 6.54 Å². The number of ketones is 1. The van der Waals surface area contributed by atoms with Crippen LogP contribution in [0.25, 0.3) is 5.53 Å². The molecule has 0 aliphatic carbocycles. The van der Waals surface area contributed by atoms with E-state index in [2.05, 4.69) is 22.3 Å². The van der Waals surface area contributed by atoms with Gasteiger partial charge in [-0.25, -0.2) is 4.79 Å². The van der Waals surface area contributed by atoms with E-state index in [1.807, 2.05) is 6.92 Å². The molecule has 1 saturated heterocycles. The number of rotatable bonds is 12. The molecule has 0 spiro atoms. The van der Waals surface area contributed by atoms with Gasteiger partial charge in [-0.15, -0.1) is 0 Å². The zero-order valence-corrected chi connectivity index (χ0v) is 18.2. The summed E-state index contributed by atoms with van der Waals surface area (Å²) in [5.41, 5.74) is 8.82. The highest BCUT2D eigenvalue weighted by Gasteiger charge is 2.50. The molecule has 1 heterocycles. The summed E-state index contributed by atoms with van der Waals surface area (Å²) in [6, 6.07) is 4.65. The maximum Gasteiger partial charge on any atom is 0.441 e. The summed E-state index contributed by atoms with van der Waals surface area (Å²) in [6.07, 6.45) is 1.97. The van der Waals surface area contributed by atoms with Gasteiger partial charge in [0.05, 0.1) is 16.9 Å². The first-order valence-electron chi connectivity index (χ1n) is 10.4. The maximum atomic E-state index is 12.8. The summed E-state index contributed by atoms with van der Waals surface area (Å²) < 4.78 is 5.02. The highest BCUT2D eigenvalue weighted by Crippen LogP contribution is 2.26. The van der Waals surface area contributed by atoms with Crippen LogP contribution in [-0.4, -0.2) is 51.7 Å². The molecular formula is C21H27N5O6. The molecule has 1 aromatic rings. The number of amides is 1. The first kappa shape index (κ1) is 24.8. The zero-order chi connectivity index (χ0) is 23.8. The van der Waals surface area contributed by atoms with Crippen molar-refractivity contribution >= 4 is 29.1 Å². The molecule has 1 fully saturated rings. The number of ether oxygens (including phenoxy) is 1. The van der Waals surface area contributed by atoms with E-state index in [0.717, 1.165) is 19.4 Å². The number of nitrogens with one attached hydrogen (secondary N) is 2. The zero-order valence-electron chi connectivity index (χ0n) is 18.2. The lowest BCUT2D eigenvalue weighted by Gasteiger charge is -2.43. The second kappa shape index (κ2) is 11.3. The topological polar surface area (TPSA) is 164 Å². The van der Waals surface area contributed by atoms with Crippen LogP contribution in [0.2, 0.25) is 0 Å². The molecule has 1 amide bonds. The number of Topliss-reactive ketones (excluding diaryl/α,β-unsaturated/α-hetero) is 1. The number of unbranched alkanes of at least 4 members (excludes halogenated alkanes) is 1. The van der Waals surface area contributed by atoms with Crippen molar-refractivity contribution in [3.63, 3.8) is 0 Å². The Morgan fingerprint density at radius 2 is 1.97 bits per heavy atom. The fourth-order valence-electron chi connectivity index (χ4n) is 3.53. The molecule has 2 N–H and O–H groups in total. The molecular weight excluding hydrogens is 418 g/mol. The van der Waals surface area contributed by atoms with Crippen molar-refractivity contribution in [3.8, 4) is 0 Å². The number of nitro benzene ring substituents is 1. The molecule has 172 valence electrons. The number of nitrogens with zero attached hydrogens (tertiary/aromatic N) is 3. The molecule has 11 nitrogen and oxygen atoms in total. The molecule has 0 saturated carbocycles. The molecule has 2 rings (SSSR count). The van der Waals surface area contributed by atoms with E-state index in [0.29, 0.717) is 5.56 Å². The van der Waals surface area contributed by atoms with Crippen molar-refractivity contribution in [2.45, 2.75) is 52.3 Å². The summed E-state index contributed by atoms with van der Waals surface area (Å²) in [7, 11) is 0. The average Bonchev–Trinajstić information content (AvgIpc) is 2.76. The van der Waals surface area contributed by atoms with Gasteiger partial charge in [0, 0.05) is 24.1 Å². The Hall–Kier alpha value is -3.43. The first-order valence-corrected chi connectivity index (χ1v) is 10.4. The van der Waals surface area contributed by atoms with Gasteiger partial charge in [0.2, 0.25) is 5.91 Å². The third kappa shape index (κ3) is 5.83. The third-order valence-corrected chi connectivity index (χ3v) is 5.53. The lowest BCUT2D eigenvalue weighted by Crippen LogP contribution is -2.67. The minimum atomic E-state index is -1.13. The summed E-state index contributed by atoms with van der Waals surface area (Å²) in [6.45, 7) is 5.95. The van der Waals surface area contributed by atoms with Crippen LogP contribution in [0.15, 0.2) is 24.3 Å². The lowest BCUT2D eigenvalue weighted by atomic mass is 9.75. The highest BCUT2D eigenvalue weighted by atomic mass is 16.6. The molecule has 4 atom stereocenters. The number of non-ortho nitro benzene ring substituents is 1. The van der Waals surface area contributed by atoms with Gasteiger partial charge in [-0.05, 0) is 37.6 Å². The predicted molar refractivity (Wildman–Crippen MR) is 113 cm³/mol. The fourth-order valence-corrected chi connectivity index (χ4v) is 3.53. The van der Waals surface area contributed by atoms with E-state index in [-0.39, 0.29) is 24.2 Å². The number of carbonyl (C=O) groups is 3. The maximum absolute atomic E-state index is 12.8. The molecule has 1 aliphatic heterocycles. The number of hydrogen-bond acceptors (Lipinski definition) is 7. The van der Waals surface area contributed by atoms with Crippen molar-refractivity contribution in [1.82, 2.24) is 10.6 Å². The van der Waals surface area contributed by atoms with Gasteiger partial charge < -0.3 is 20.9 Å². The Kier molecular flexibility index (Phi) is 8.74. The minimum absolute atomic E-state index is 0.114.